The summed E-state index contributed by atoms with van der Waals surface area (Å²) in [5.41, 5.74) is 3.70. The summed E-state index contributed by atoms with van der Waals surface area (Å²) in [5.74, 6) is -1.40. The zero-order valence-electron chi connectivity index (χ0n) is 24.0. The number of aliphatic hydroxyl groups is 1. The van der Waals surface area contributed by atoms with Gasteiger partial charge in [-0.2, -0.15) is 0 Å². The maximum absolute atomic E-state index is 14.4. The Morgan fingerprint density at radius 2 is 1.85 bits per heavy atom. The van der Waals surface area contributed by atoms with E-state index in [2.05, 4.69) is 31.4 Å². The molecule has 7 nitrogen and oxygen atoms in total. The molecular weight excluding hydrogens is 522 g/mol. The SMILES string of the molecule is Cc1ccc(C)c(NC(=O)C2N([C@@H](CO)CC(C)C)C(=O)[C@@H]3[C@H](C(=O)NCc4ccccc4)[C@@H]4CC(C)C23S4)c1. The number of aliphatic hydroxyl groups excluding tert-OH is 1. The number of hydrogen-bond donors (Lipinski definition) is 3. The van der Waals surface area contributed by atoms with Crippen LogP contribution in [0.15, 0.2) is 48.5 Å². The fourth-order valence-electron chi connectivity index (χ4n) is 7.25. The van der Waals surface area contributed by atoms with Crippen molar-refractivity contribution >= 4 is 35.2 Å². The smallest absolute Gasteiger partial charge is 0.248 e. The van der Waals surface area contributed by atoms with Gasteiger partial charge in [0.2, 0.25) is 17.7 Å². The first-order valence-corrected chi connectivity index (χ1v) is 15.3. The minimum absolute atomic E-state index is 0.0319. The van der Waals surface area contributed by atoms with Gasteiger partial charge >= 0.3 is 0 Å². The largest absolute Gasteiger partial charge is 0.394 e. The number of hydrogen-bond acceptors (Lipinski definition) is 5. The highest BCUT2D eigenvalue weighted by molar-refractivity contribution is 8.02. The zero-order valence-corrected chi connectivity index (χ0v) is 24.8. The summed E-state index contributed by atoms with van der Waals surface area (Å²) in [6.45, 7) is 10.3. The number of aryl methyl sites for hydroxylation is 2. The predicted octanol–water partition coefficient (Wildman–Crippen LogP) is 4.30. The lowest BCUT2D eigenvalue weighted by Gasteiger charge is -2.40. The number of anilines is 1. The number of amides is 3. The van der Waals surface area contributed by atoms with Crippen molar-refractivity contribution < 1.29 is 19.5 Å². The summed E-state index contributed by atoms with van der Waals surface area (Å²) >= 11 is 1.66. The second-order valence-electron chi connectivity index (χ2n) is 12.3. The highest BCUT2D eigenvalue weighted by Gasteiger charge is 2.76. The molecular formula is C32H41N3O4S. The molecule has 2 aromatic rings. The molecule has 3 amide bonds. The molecule has 0 radical (unpaired) electrons. The van der Waals surface area contributed by atoms with Crippen molar-refractivity contribution in [1.82, 2.24) is 10.2 Å². The summed E-state index contributed by atoms with van der Waals surface area (Å²) in [7, 11) is 0. The van der Waals surface area contributed by atoms with Crippen LogP contribution in [0.3, 0.4) is 0 Å². The normalized spacial score (nSPS) is 29.5. The molecule has 0 saturated carbocycles. The fraction of sp³-hybridized carbons (Fsp3) is 0.531. The molecule has 3 saturated heterocycles. The molecule has 7 atom stereocenters. The van der Waals surface area contributed by atoms with E-state index in [1.165, 1.54) is 0 Å². The van der Waals surface area contributed by atoms with Crippen LogP contribution in [-0.2, 0) is 20.9 Å². The van der Waals surface area contributed by atoms with Gasteiger partial charge in [0.05, 0.1) is 29.2 Å². The molecule has 3 aliphatic rings. The van der Waals surface area contributed by atoms with Crippen molar-refractivity contribution in [2.24, 2.45) is 23.7 Å². The van der Waals surface area contributed by atoms with E-state index in [0.29, 0.717) is 13.0 Å². The van der Waals surface area contributed by atoms with Crippen LogP contribution < -0.4 is 10.6 Å². The van der Waals surface area contributed by atoms with Crippen LogP contribution in [0.1, 0.15) is 50.3 Å². The number of nitrogens with zero attached hydrogens (tertiary/aromatic N) is 1. The molecule has 1 spiro atoms. The Bertz CT molecular complexity index is 1280. The third kappa shape index (κ3) is 4.83. The van der Waals surface area contributed by atoms with Crippen molar-refractivity contribution in [3.63, 3.8) is 0 Å². The summed E-state index contributed by atoms with van der Waals surface area (Å²) in [6.07, 6.45) is 1.35. The first-order valence-electron chi connectivity index (χ1n) is 14.4. The van der Waals surface area contributed by atoms with Gasteiger partial charge in [0.25, 0.3) is 0 Å². The molecule has 8 heteroatoms. The molecule has 214 valence electrons. The lowest BCUT2D eigenvalue weighted by molar-refractivity contribution is -0.142. The summed E-state index contributed by atoms with van der Waals surface area (Å²) in [5, 5.41) is 16.7. The second kappa shape index (κ2) is 11.2. The molecule has 2 aromatic carbocycles. The number of likely N-dealkylation sites (tertiary alicyclic amines) is 1. The number of fused-ring (bicyclic) bond motifs is 1. The van der Waals surface area contributed by atoms with Gasteiger partial charge in [-0.25, -0.2) is 0 Å². The van der Waals surface area contributed by atoms with Crippen molar-refractivity contribution in [3.05, 3.63) is 65.2 Å². The Morgan fingerprint density at radius 1 is 1.12 bits per heavy atom. The molecule has 3 fully saturated rings. The summed E-state index contributed by atoms with van der Waals surface area (Å²) in [4.78, 5) is 44.1. The topological polar surface area (TPSA) is 98.7 Å². The van der Waals surface area contributed by atoms with Crippen LogP contribution in [-0.4, -0.2) is 56.4 Å². The van der Waals surface area contributed by atoms with E-state index in [-0.39, 0.29) is 41.4 Å². The molecule has 5 rings (SSSR count). The lowest BCUT2D eigenvalue weighted by atomic mass is 9.66. The molecule has 3 unspecified atom stereocenters. The molecule has 0 aromatic heterocycles. The van der Waals surface area contributed by atoms with Crippen LogP contribution in [0.4, 0.5) is 5.69 Å². The van der Waals surface area contributed by atoms with Crippen LogP contribution >= 0.6 is 11.8 Å². The van der Waals surface area contributed by atoms with Crippen molar-refractivity contribution in [3.8, 4) is 0 Å². The fourth-order valence-corrected chi connectivity index (χ4v) is 9.66. The minimum Gasteiger partial charge on any atom is -0.394 e. The number of nitrogens with one attached hydrogen (secondary N) is 2. The Kier molecular flexibility index (Phi) is 8.03. The third-order valence-electron chi connectivity index (χ3n) is 9.04. The minimum atomic E-state index is -0.780. The zero-order chi connectivity index (χ0) is 28.8. The van der Waals surface area contributed by atoms with Gasteiger partial charge in [0.15, 0.2) is 0 Å². The lowest BCUT2D eigenvalue weighted by Crippen LogP contribution is -2.57. The van der Waals surface area contributed by atoms with E-state index < -0.39 is 28.7 Å². The van der Waals surface area contributed by atoms with Crippen molar-refractivity contribution in [1.29, 1.82) is 0 Å². The molecule has 3 heterocycles. The Balaban J connectivity index is 1.52. The van der Waals surface area contributed by atoms with Crippen LogP contribution in [0.2, 0.25) is 0 Å². The predicted molar refractivity (Wildman–Crippen MR) is 159 cm³/mol. The van der Waals surface area contributed by atoms with E-state index in [1.54, 1.807) is 16.7 Å². The van der Waals surface area contributed by atoms with Gasteiger partial charge in [-0.1, -0.05) is 63.2 Å². The molecule has 0 aliphatic carbocycles. The maximum Gasteiger partial charge on any atom is 0.248 e. The first-order chi connectivity index (χ1) is 19.1. The molecule has 3 N–H and O–H groups in total. The standard InChI is InChI=1S/C32H41N3O4S/c1-18(2)13-23(17-36)35-28(30(38)34-24-14-19(3)11-12-20(24)4)32-21(5)15-25(40-32)26(27(32)31(35)39)29(37)33-16-22-9-7-6-8-10-22/h6-12,14,18,21,23,25-28,36H,13,15-17H2,1-5H3,(H,33,37)(H,34,38)/t21?,23-,25+,26-,27+,28?,32?/m1/s1. The highest BCUT2D eigenvalue weighted by atomic mass is 32.2. The van der Waals surface area contributed by atoms with Gasteiger partial charge in [0.1, 0.15) is 6.04 Å². The number of benzene rings is 2. The average molecular weight is 564 g/mol. The average Bonchev–Trinajstić information content (AvgIpc) is 3.52. The van der Waals surface area contributed by atoms with Gasteiger partial charge in [-0.05, 0) is 61.3 Å². The van der Waals surface area contributed by atoms with Crippen LogP contribution in [0.25, 0.3) is 0 Å². The Morgan fingerprint density at radius 3 is 2.52 bits per heavy atom. The number of carbonyl (C=O) groups is 3. The summed E-state index contributed by atoms with van der Waals surface area (Å²) in [6, 6.07) is 14.4. The van der Waals surface area contributed by atoms with Gasteiger partial charge in [0, 0.05) is 17.5 Å². The quantitative estimate of drug-likeness (QED) is 0.423. The summed E-state index contributed by atoms with van der Waals surface area (Å²) < 4.78 is -0.733. The number of thioether (sulfide) groups is 1. The van der Waals surface area contributed by atoms with E-state index in [4.69, 9.17) is 0 Å². The molecule has 40 heavy (non-hydrogen) atoms. The van der Waals surface area contributed by atoms with Crippen LogP contribution in [0, 0.1) is 37.5 Å². The Hall–Kier alpha value is -2.84. The molecule has 3 aliphatic heterocycles. The van der Waals surface area contributed by atoms with Crippen molar-refractivity contribution in [2.75, 3.05) is 11.9 Å². The number of carbonyl (C=O) groups excluding carboxylic acids is 3. The van der Waals surface area contributed by atoms with E-state index >= 15 is 0 Å². The third-order valence-corrected chi connectivity index (χ3v) is 11.1. The van der Waals surface area contributed by atoms with E-state index in [1.807, 2.05) is 62.4 Å². The maximum atomic E-state index is 14.4. The second-order valence-corrected chi connectivity index (χ2v) is 13.8. The van der Waals surface area contributed by atoms with Crippen LogP contribution in [0.5, 0.6) is 0 Å². The monoisotopic (exact) mass is 563 g/mol. The Labute approximate surface area is 241 Å². The highest BCUT2D eigenvalue weighted by Crippen LogP contribution is 2.69. The van der Waals surface area contributed by atoms with Gasteiger partial charge in [-0.15, -0.1) is 11.8 Å². The van der Waals surface area contributed by atoms with Gasteiger partial charge < -0.3 is 20.6 Å². The molecule has 2 bridgehead atoms. The van der Waals surface area contributed by atoms with Crippen molar-refractivity contribution in [2.45, 2.75) is 76.1 Å². The number of rotatable bonds is 9. The first kappa shape index (κ1) is 28.7. The van der Waals surface area contributed by atoms with Gasteiger partial charge in [-0.3, -0.25) is 14.4 Å². The van der Waals surface area contributed by atoms with E-state index in [0.717, 1.165) is 28.8 Å². The van der Waals surface area contributed by atoms with E-state index in [9.17, 15) is 19.5 Å².